The molecule has 0 saturated carbocycles. The number of piperidine rings is 1. The number of benzene rings is 1. The van der Waals surface area contributed by atoms with Gasteiger partial charge in [0.05, 0.1) is 31.7 Å². The van der Waals surface area contributed by atoms with Gasteiger partial charge in [0, 0.05) is 69.8 Å². The minimum Gasteiger partial charge on any atom is -0.474 e. The molecule has 0 bridgehead atoms. The monoisotopic (exact) mass is 703 g/mol. The van der Waals surface area contributed by atoms with Crippen LogP contribution < -0.4 is 26.3 Å². The normalized spacial score (nSPS) is 13.5. The number of amides is 4. The van der Waals surface area contributed by atoms with Gasteiger partial charge < -0.3 is 40.5 Å². The number of unbranched alkanes of at least 4 members (excludes halogenated alkanes) is 1. The van der Waals surface area contributed by atoms with Crippen molar-refractivity contribution in [2.24, 2.45) is 11.5 Å². The zero-order chi connectivity index (χ0) is 36.1. The van der Waals surface area contributed by atoms with Crippen molar-refractivity contribution in [1.82, 2.24) is 24.8 Å². The highest BCUT2D eigenvalue weighted by Crippen LogP contribution is 2.27. The van der Waals surface area contributed by atoms with Crippen LogP contribution in [-0.4, -0.2) is 88.4 Å². The highest BCUT2D eigenvalue weighted by Gasteiger charge is 2.31. The minimum atomic E-state index is -4.79. The van der Waals surface area contributed by atoms with Crippen molar-refractivity contribution >= 4 is 23.6 Å². The lowest BCUT2D eigenvalue weighted by Crippen LogP contribution is -2.42. The average molecular weight is 704 g/mol. The van der Waals surface area contributed by atoms with Gasteiger partial charge >= 0.3 is 6.36 Å². The fourth-order valence-electron chi connectivity index (χ4n) is 5.15. The van der Waals surface area contributed by atoms with Gasteiger partial charge in [-0.1, -0.05) is 12.1 Å². The van der Waals surface area contributed by atoms with Crippen LogP contribution in [0.1, 0.15) is 54.4 Å². The maximum Gasteiger partial charge on any atom is 0.573 e. The number of likely N-dealkylation sites (tertiary alicyclic amines) is 1. The molecule has 2 aromatic heterocycles. The van der Waals surface area contributed by atoms with Gasteiger partial charge in [-0.05, 0) is 36.6 Å². The summed E-state index contributed by atoms with van der Waals surface area (Å²) < 4.78 is 54.2. The quantitative estimate of drug-likeness (QED) is 0.167. The lowest BCUT2D eigenvalue weighted by Gasteiger charge is -2.32. The number of aryl methyl sites for hydroxylation is 1. The molecule has 1 fully saturated rings. The Bertz CT molecular complexity index is 1610. The van der Waals surface area contributed by atoms with Gasteiger partial charge in [-0.25, -0.2) is 9.97 Å². The van der Waals surface area contributed by atoms with Crippen molar-refractivity contribution < 1.29 is 46.6 Å². The molecule has 1 aliphatic heterocycles. The van der Waals surface area contributed by atoms with E-state index >= 15 is 0 Å². The molecule has 14 nitrogen and oxygen atoms in total. The van der Waals surface area contributed by atoms with E-state index in [1.165, 1.54) is 24.3 Å². The molecule has 1 aliphatic rings. The second kappa shape index (κ2) is 18.0. The predicted octanol–water partition coefficient (Wildman–Crippen LogP) is 2.73. The molecule has 270 valence electrons. The highest BCUT2D eigenvalue weighted by molar-refractivity contribution is 5.96. The number of carbonyl (C=O) groups excluding carboxylic acids is 4. The third-order valence-corrected chi connectivity index (χ3v) is 7.76. The first-order chi connectivity index (χ1) is 23.9. The van der Waals surface area contributed by atoms with E-state index < -0.39 is 18.2 Å². The number of rotatable bonds is 18. The number of nitrogens with one attached hydrogen (secondary N) is 1. The van der Waals surface area contributed by atoms with Crippen LogP contribution >= 0.6 is 0 Å². The molecule has 50 heavy (non-hydrogen) atoms. The van der Waals surface area contributed by atoms with Gasteiger partial charge in [0.25, 0.3) is 5.91 Å². The van der Waals surface area contributed by atoms with E-state index in [1.807, 2.05) is 10.8 Å². The number of carbonyl (C=O) groups is 4. The van der Waals surface area contributed by atoms with Gasteiger partial charge in [-0.2, -0.15) is 0 Å². The summed E-state index contributed by atoms with van der Waals surface area (Å²) in [6.07, 6.45) is 2.75. The fraction of sp³-hybridized carbons (Fsp3) is 0.455. The summed E-state index contributed by atoms with van der Waals surface area (Å²) in [5, 5.41) is 2.83. The Labute approximate surface area is 286 Å². The first-order valence-corrected chi connectivity index (χ1v) is 16.1. The summed E-state index contributed by atoms with van der Waals surface area (Å²) in [5.74, 6) is -1.74. The smallest absolute Gasteiger partial charge is 0.474 e. The standard InChI is InChI=1S/C33H40F3N7O7/c34-33(35,36)50-25-5-3-22(4-6-25)17-30(46)43-13-7-24(8-14-43)49-32-26(31(38)47)18-23(19-40-32)27-20-42(21-41-27)12-2-1-11-39-29(45)10-16-48-15-9-28(37)44/h3-6,18-21,24H,1-2,7-17H2,(H2,37,44)(H2,38,47)(H,39,45). The molecule has 3 aromatic rings. The van der Waals surface area contributed by atoms with Crippen LogP contribution in [0.3, 0.4) is 0 Å². The third kappa shape index (κ3) is 12.4. The van der Waals surface area contributed by atoms with Crippen molar-refractivity contribution in [2.75, 3.05) is 32.8 Å². The zero-order valence-electron chi connectivity index (χ0n) is 27.3. The maximum atomic E-state index is 12.8. The number of primary amides is 2. The van der Waals surface area contributed by atoms with Crippen LogP contribution in [0.4, 0.5) is 13.2 Å². The summed E-state index contributed by atoms with van der Waals surface area (Å²) in [6, 6.07) is 6.76. The van der Waals surface area contributed by atoms with E-state index in [1.54, 1.807) is 23.5 Å². The van der Waals surface area contributed by atoms with Crippen molar-refractivity contribution in [3.63, 3.8) is 0 Å². The molecule has 1 aromatic carbocycles. The first-order valence-electron chi connectivity index (χ1n) is 16.1. The number of ether oxygens (including phenoxy) is 3. The molecule has 3 heterocycles. The van der Waals surface area contributed by atoms with Gasteiger partial charge in [-0.3, -0.25) is 19.2 Å². The molecular formula is C33H40F3N7O7. The number of pyridine rings is 1. The number of nitrogens with zero attached hydrogens (tertiary/aromatic N) is 4. The van der Waals surface area contributed by atoms with E-state index in [2.05, 4.69) is 20.0 Å². The number of nitrogens with two attached hydrogens (primary N) is 2. The molecule has 0 spiro atoms. The summed E-state index contributed by atoms with van der Waals surface area (Å²) in [5.41, 5.74) is 12.5. The predicted molar refractivity (Wildman–Crippen MR) is 173 cm³/mol. The molecule has 0 radical (unpaired) electrons. The van der Waals surface area contributed by atoms with E-state index in [9.17, 15) is 32.3 Å². The molecule has 0 unspecified atom stereocenters. The van der Waals surface area contributed by atoms with Crippen LogP contribution in [0.15, 0.2) is 49.1 Å². The molecule has 0 aliphatic carbocycles. The zero-order valence-corrected chi connectivity index (χ0v) is 27.3. The number of alkyl halides is 3. The van der Waals surface area contributed by atoms with Crippen LogP contribution in [0.5, 0.6) is 11.6 Å². The minimum absolute atomic E-state index is 0.0273. The Morgan fingerprint density at radius 2 is 1.70 bits per heavy atom. The molecule has 5 N–H and O–H groups in total. The summed E-state index contributed by atoms with van der Waals surface area (Å²) in [6.45, 7) is 2.35. The molecule has 4 amide bonds. The molecule has 1 saturated heterocycles. The second-order valence-corrected chi connectivity index (χ2v) is 11.6. The number of aromatic nitrogens is 3. The van der Waals surface area contributed by atoms with Gasteiger partial charge in [0.2, 0.25) is 23.6 Å². The fourth-order valence-corrected chi connectivity index (χ4v) is 5.15. The number of imidazole rings is 1. The lowest BCUT2D eigenvalue weighted by atomic mass is 10.1. The van der Waals surface area contributed by atoms with Gasteiger partial charge in [-0.15, -0.1) is 13.2 Å². The highest BCUT2D eigenvalue weighted by atomic mass is 19.4. The third-order valence-electron chi connectivity index (χ3n) is 7.76. The van der Waals surface area contributed by atoms with Crippen LogP contribution in [0.25, 0.3) is 11.3 Å². The van der Waals surface area contributed by atoms with E-state index in [-0.39, 0.29) is 67.6 Å². The Morgan fingerprint density at radius 3 is 2.38 bits per heavy atom. The lowest BCUT2D eigenvalue weighted by molar-refractivity contribution is -0.274. The molecular weight excluding hydrogens is 663 g/mol. The number of hydrogen-bond donors (Lipinski definition) is 3. The van der Waals surface area contributed by atoms with Crippen molar-refractivity contribution in [2.45, 2.75) is 64.0 Å². The van der Waals surface area contributed by atoms with Crippen molar-refractivity contribution in [3.05, 3.63) is 60.2 Å². The average Bonchev–Trinajstić information content (AvgIpc) is 3.54. The van der Waals surface area contributed by atoms with E-state index in [0.29, 0.717) is 55.8 Å². The summed E-state index contributed by atoms with van der Waals surface area (Å²) in [7, 11) is 0. The second-order valence-electron chi connectivity index (χ2n) is 11.6. The van der Waals surface area contributed by atoms with Crippen molar-refractivity contribution in [3.8, 4) is 22.9 Å². The Balaban J connectivity index is 1.20. The summed E-state index contributed by atoms with van der Waals surface area (Å²) >= 11 is 0. The van der Waals surface area contributed by atoms with Crippen LogP contribution in [0, 0.1) is 0 Å². The first kappa shape index (κ1) is 37.6. The Morgan fingerprint density at radius 1 is 0.980 bits per heavy atom. The van der Waals surface area contributed by atoms with Gasteiger partial charge in [0.15, 0.2) is 0 Å². The molecule has 17 heteroatoms. The SMILES string of the molecule is NC(=O)CCOCCC(=O)NCCCCn1cnc(-c2cnc(OC3CCN(C(=O)Cc4ccc(OC(F)(F)F)cc4)CC3)c(C(N)=O)c2)c1. The van der Waals surface area contributed by atoms with E-state index in [0.717, 1.165) is 12.8 Å². The molecule has 0 atom stereocenters. The van der Waals surface area contributed by atoms with Crippen LogP contribution in [-0.2, 0) is 32.1 Å². The number of hydrogen-bond acceptors (Lipinski definition) is 9. The topological polar surface area (TPSA) is 194 Å². The Hall–Kier alpha value is -5.19. The van der Waals surface area contributed by atoms with Crippen LogP contribution in [0.2, 0.25) is 0 Å². The van der Waals surface area contributed by atoms with Crippen molar-refractivity contribution in [1.29, 1.82) is 0 Å². The van der Waals surface area contributed by atoms with E-state index in [4.69, 9.17) is 20.9 Å². The molecule has 4 rings (SSSR count). The maximum absolute atomic E-state index is 12.8. The number of halogens is 3. The Kier molecular flexibility index (Phi) is 13.5. The largest absolute Gasteiger partial charge is 0.573 e. The van der Waals surface area contributed by atoms with Gasteiger partial charge in [0.1, 0.15) is 17.4 Å². The summed E-state index contributed by atoms with van der Waals surface area (Å²) in [4.78, 5) is 58.1.